The number of hydrogen-bond donors (Lipinski definition) is 0. The van der Waals surface area contributed by atoms with Crippen molar-refractivity contribution in [3.8, 4) is 0 Å². The summed E-state index contributed by atoms with van der Waals surface area (Å²) < 4.78 is 5.14. The van der Waals surface area contributed by atoms with Crippen LogP contribution in [0.15, 0.2) is 9.81 Å². The number of thioether (sulfide) groups is 2. The van der Waals surface area contributed by atoms with Gasteiger partial charge in [-0.2, -0.15) is 0 Å². The van der Waals surface area contributed by atoms with Gasteiger partial charge in [0.05, 0.1) is 6.61 Å². The van der Waals surface area contributed by atoms with Gasteiger partial charge in [0, 0.05) is 16.4 Å². The van der Waals surface area contributed by atoms with Gasteiger partial charge in [-0.1, -0.05) is 39.0 Å². The Morgan fingerprint density at radius 2 is 1.74 bits per heavy atom. The van der Waals surface area contributed by atoms with Crippen LogP contribution >= 0.6 is 23.5 Å². The lowest BCUT2D eigenvalue weighted by Crippen LogP contribution is -2.11. The van der Waals surface area contributed by atoms with Gasteiger partial charge in [-0.15, -0.1) is 23.5 Å². The molecule has 19 heavy (non-hydrogen) atoms. The summed E-state index contributed by atoms with van der Waals surface area (Å²) in [5.74, 6) is 2.04. The average molecular weight is 303 g/mol. The zero-order chi connectivity index (χ0) is 13.9. The number of carbonyl (C=O) groups is 1. The first-order valence-electron chi connectivity index (χ1n) is 7.45. The van der Waals surface area contributed by atoms with Gasteiger partial charge in [-0.3, -0.25) is 0 Å². The summed E-state index contributed by atoms with van der Waals surface area (Å²) in [6, 6.07) is 0. The third-order valence-corrected chi connectivity index (χ3v) is 5.74. The minimum Gasteiger partial charge on any atom is -0.462 e. The molecule has 0 saturated carbocycles. The van der Waals surface area contributed by atoms with Gasteiger partial charge in [0.15, 0.2) is 0 Å². The summed E-state index contributed by atoms with van der Waals surface area (Å²) in [5.41, 5.74) is 0. The smallest absolute Gasteiger partial charge is 0.345 e. The summed E-state index contributed by atoms with van der Waals surface area (Å²) in [7, 11) is 0. The molecular formula is C15H26O2S2. The van der Waals surface area contributed by atoms with Gasteiger partial charge in [0.2, 0.25) is 0 Å². The van der Waals surface area contributed by atoms with Crippen LogP contribution in [-0.4, -0.2) is 24.1 Å². The summed E-state index contributed by atoms with van der Waals surface area (Å²) >= 11 is 3.53. The summed E-state index contributed by atoms with van der Waals surface area (Å²) in [5, 5.41) is 0. The van der Waals surface area contributed by atoms with E-state index in [0.29, 0.717) is 6.61 Å². The second-order valence-corrected chi connectivity index (χ2v) is 6.98. The highest BCUT2D eigenvalue weighted by molar-refractivity contribution is 8.10. The number of esters is 1. The predicted octanol–water partition coefficient (Wildman–Crippen LogP) is 4.99. The maximum Gasteiger partial charge on any atom is 0.345 e. The number of rotatable bonds is 9. The van der Waals surface area contributed by atoms with Crippen LogP contribution in [0.1, 0.15) is 58.8 Å². The molecule has 2 nitrogen and oxygen atoms in total. The molecule has 110 valence electrons. The number of allylic oxidation sites excluding steroid dienone is 1. The van der Waals surface area contributed by atoms with Gasteiger partial charge in [0.1, 0.15) is 4.91 Å². The number of carbonyl (C=O) groups excluding carboxylic acids is 1. The summed E-state index contributed by atoms with van der Waals surface area (Å²) in [6.07, 6.45) is 8.86. The van der Waals surface area contributed by atoms with Crippen molar-refractivity contribution in [2.24, 2.45) is 0 Å². The molecule has 1 rings (SSSR count). The molecule has 0 aromatic heterocycles. The number of hydrogen-bond acceptors (Lipinski definition) is 4. The van der Waals surface area contributed by atoms with Crippen molar-refractivity contribution in [2.45, 2.75) is 58.8 Å². The zero-order valence-corrected chi connectivity index (χ0v) is 13.8. The van der Waals surface area contributed by atoms with Crippen LogP contribution in [0.2, 0.25) is 0 Å². The normalized spacial score (nSPS) is 15.7. The van der Waals surface area contributed by atoms with E-state index in [0.717, 1.165) is 22.8 Å². The van der Waals surface area contributed by atoms with Crippen LogP contribution in [0.3, 0.4) is 0 Å². The Kier molecular flexibility index (Phi) is 9.52. The molecule has 4 heteroatoms. The molecular weight excluding hydrogens is 276 g/mol. The molecule has 0 aromatic rings. The molecule has 0 aromatic carbocycles. The van der Waals surface area contributed by atoms with Gasteiger partial charge < -0.3 is 4.74 Å². The van der Waals surface area contributed by atoms with Crippen LogP contribution in [0.25, 0.3) is 0 Å². The van der Waals surface area contributed by atoms with Crippen LogP contribution in [-0.2, 0) is 9.53 Å². The maximum absolute atomic E-state index is 11.9. The predicted molar refractivity (Wildman–Crippen MR) is 86.6 cm³/mol. The van der Waals surface area contributed by atoms with Crippen molar-refractivity contribution in [2.75, 3.05) is 18.1 Å². The van der Waals surface area contributed by atoms with Crippen LogP contribution in [0.4, 0.5) is 0 Å². The fourth-order valence-electron chi connectivity index (χ4n) is 2.08. The van der Waals surface area contributed by atoms with E-state index in [9.17, 15) is 4.79 Å². The lowest BCUT2D eigenvalue weighted by atomic mass is 10.1. The molecule has 0 spiro atoms. The average Bonchev–Trinajstić information content (AvgIpc) is 2.43. The maximum atomic E-state index is 11.9. The first-order valence-corrected chi connectivity index (χ1v) is 9.42. The SMILES string of the molecule is CCCCCCCCC1=C(C(=O)OCC)SCCS1. The van der Waals surface area contributed by atoms with Gasteiger partial charge in [0.25, 0.3) is 0 Å². The van der Waals surface area contributed by atoms with Crippen molar-refractivity contribution < 1.29 is 9.53 Å². The van der Waals surface area contributed by atoms with E-state index in [1.807, 2.05) is 18.7 Å². The highest BCUT2D eigenvalue weighted by Crippen LogP contribution is 2.37. The highest BCUT2D eigenvalue weighted by atomic mass is 32.2. The lowest BCUT2D eigenvalue weighted by Gasteiger charge is -2.18. The minimum absolute atomic E-state index is 0.110. The van der Waals surface area contributed by atoms with Crippen LogP contribution < -0.4 is 0 Å². The molecule has 0 N–H and O–H groups in total. The first-order chi connectivity index (χ1) is 9.29. The third kappa shape index (κ3) is 6.75. The first kappa shape index (κ1) is 17.0. The van der Waals surface area contributed by atoms with Gasteiger partial charge >= 0.3 is 5.97 Å². The molecule has 0 unspecified atom stereocenters. The molecule has 0 fully saturated rings. The molecule has 1 heterocycles. The molecule has 0 atom stereocenters. The minimum atomic E-state index is -0.110. The van der Waals surface area contributed by atoms with E-state index < -0.39 is 0 Å². The largest absolute Gasteiger partial charge is 0.462 e. The third-order valence-electron chi connectivity index (χ3n) is 3.08. The van der Waals surface area contributed by atoms with Crippen molar-refractivity contribution in [3.63, 3.8) is 0 Å². The second-order valence-electron chi connectivity index (χ2n) is 4.69. The zero-order valence-electron chi connectivity index (χ0n) is 12.2. The van der Waals surface area contributed by atoms with Crippen molar-refractivity contribution >= 4 is 29.5 Å². The fraction of sp³-hybridized carbons (Fsp3) is 0.800. The highest BCUT2D eigenvalue weighted by Gasteiger charge is 2.21. The topological polar surface area (TPSA) is 26.3 Å². The molecule has 0 bridgehead atoms. The van der Waals surface area contributed by atoms with E-state index in [-0.39, 0.29) is 5.97 Å². The van der Waals surface area contributed by atoms with Crippen molar-refractivity contribution in [3.05, 3.63) is 9.81 Å². The van der Waals surface area contributed by atoms with Gasteiger partial charge in [-0.25, -0.2) is 4.79 Å². The summed E-state index contributed by atoms with van der Waals surface area (Å²) in [4.78, 5) is 14.0. The van der Waals surface area contributed by atoms with Crippen LogP contribution in [0, 0.1) is 0 Å². The van der Waals surface area contributed by atoms with Crippen LogP contribution in [0.5, 0.6) is 0 Å². The number of unbranched alkanes of at least 4 members (excludes halogenated alkanes) is 5. The lowest BCUT2D eigenvalue weighted by molar-refractivity contribution is -0.137. The molecule has 0 amide bonds. The quantitative estimate of drug-likeness (QED) is 0.442. The Bertz CT molecular complexity index is 301. The number of ether oxygens (including phenoxy) is 1. The van der Waals surface area contributed by atoms with Gasteiger partial charge in [-0.05, 0) is 19.8 Å². The Morgan fingerprint density at radius 1 is 1.05 bits per heavy atom. The molecule has 1 aliphatic heterocycles. The summed E-state index contributed by atoms with van der Waals surface area (Å²) in [6.45, 7) is 4.58. The van der Waals surface area contributed by atoms with Crippen molar-refractivity contribution in [1.29, 1.82) is 0 Å². The van der Waals surface area contributed by atoms with Crippen molar-refractivity contribution in [1.82, 2.24) is 0 Å². The van der Waals surface area contributed by atoms with E-state index in [1.54, 1.807) is 11.8 Å². The Labute approximate surface area is 126 Å². The second kappa shape index (κ2) is 10.7. The molecule has 0 saturated heterocycles. The van der Waals surface area contributed by atoms with E-state index in [1.165, 1.54) is 43.4 Å². The van der Waals surface area contributed by atoms with E-state index in [4.69, 9.17) is 4.74 Å². The Hall–Kier alpha value is -0.0900. The fourth-order valence-corrected chi connectivity index (χ4v) is 4.49. The van der Waals surface area contributed by atoms with E-state index >= 15 is 0 Å². The Morgan fingerprint density at radius 3 is 2.47 bits per heavy atom. The molecule has 1 aliphatic rings. The molecule has 0 radical (unpaired) electrons. The monoisotopic (exact) mass is 302 g/mol. The standard InChI is InChI=1S/C15H26O2S2/c1-3-5-6-7-8-9-10-13-14(15(16)17-4-2)19-12-11-18-13/h3-12H2,1-2H3. The molecule has 0 aliphatic carbocycles. The Balaban J connectivity index is 2.36. The van der Waals surface area contributed by atoms with E-state index in [2.05, 4.69) is 6.92 Å².